The summed E-state index contributed by atoms with van der Waals surface area (Å²) in [5.74, 6) is -3.10. The predicted molar refractivity (Wildman–Crippen MR) is 163 cm³/mol. The number of aromatic nitrogens is 1. The van der Waals surface area contributed by atoms with Crippen LogP contribution in [0, 0.1) is 20.2 Å². The SMILES string of the molecule is COC(=O)C1=C(N)n2c(s/c(=C/c3ccc([N+](=O)[O-])cc3)c2=O)=C(C(=O)Nc2ccc(Cl)cc2)C1c1ccc([N+](=O)[O-])cc1. The van der Waals surface area contributed by atoms with Gasteiger partial charge in [0.05, 0.1) is 38.6 Å². The summed E-state index contributed by atoms with van der Waals surface area (Å²) in [6.45, 7) is 0. The number of thiazole rings is 1. The largest absolute Gasteiger partial charge is 0.466 e. The van der Waals surface area contributed by atoms with E-state index >= 15 is 0 Å². The van der Waals surface area contributed by atoms with Gasteiger partial charge in [-0.1, -0.05) is 23.7 Å². The molecule has 3 aromatic carbocycles. The van der Waals surface area contributed by atoms with Crippen molar-refractivity contribution in [2.45, 2.75) is 5.92 Å². The first-order valence-corrected chi connectivity index (χ1v) is 13.8. The van der Waals surface area contributed by atoms with Crippen molar-refractivity contribution < 1.29 is 24.2 Å². The summed E-state index contributed by atoms with van der Waals surface area (Å²) < 4.78 is 6.25. The highest BCUT2D eigenvalue weighted by molar-refractivity contribution is 7.07. The van der Waals surface area contributed by atoms with Crippen LogP contribution in [-0.4, -0.2) is 33.4 Å². The van der Waals surface area contributed by atoms with Crippen LogP contribution in [0.2, 0.25) is 5.02 Å². The van der Waals surface area contributed by atoms with E-state index in [1.165, 1.54) is 54.6 Å². The van der Waals surface area contributed by atoms with Crippen LogP contribution in [0.3, 0.4) is 0 Å². The van der Waals surface area contributed by atoms with Gasteiger partial charge in [-0.05, 0) is 53.6 Å². The van der Waals surface area contributed by atoms with E-state index in [4.69, 9.17) is 22.1 Å². The zero-order chi connectivity index (χ0) is 31.7. The fourth-order valence-electron chi connectivity index (χ4n) is 4.68. The molecule has 1 aliphatic heterocycles. The van der Waals surface area contributed by atoms with Gasteiger partial charge in [0, 0.05) is 35.0 Å². The zero-order valence-corrected chi connectivity index (χ0v) is 24.1. The Labute approximate surface area is 256 Å². The quantitative estimate of drug-likeness (QED) is 0.175. The number of nitrogens with zero attached hydrogens (tertiary/aromatic N) is 3. The number of benzene rings is 3. The molecule has 1 amide bonds. The van der Waals surface area contributed by atoms with Crippen LogP contribution < -0.4 is 25.8 Å². The van der Waals surface area contributed by atoms with Gasteiger partial charge in [-0.2, -0.15) is 0 Å². The maximum absolute atomic E-state index is 14.0. The number of nitro benzene ring substituents is 2. The van der Waals surface area contributed by atoms with Crippen molar-refractivity contribution >= 4 is 69.3 Å². The molecule has 0 saturated carbocycles. The van der Waals surface area contributed by atoms with Crippen LogP contribution >= 0.6 is 22.9 Å². The first kappa shape index (κ1) is 29.9. The van der Waals surface area contributed by atoms with Gasteiger partial charge in [-0.25, -0.2) is 4.79 Å². The molecule has 13 nitrogen and oxygen atoms in total. The number of carbonyl (C=O) groups is 2. The van der Waals surface area contributed by atoms with Crippen molar-refractivity contribution in [2.24, 2.45) is 5.73 Å². The molecule has 1 aliphatic rings. The number of anilines is 1. The number of nitrogens with one attached hydrogen (secondary N) is 1. The van der Waals surface area contributed by atoms with Crippen molar-refractivity contribution in [1.82, 2.24) is 4.57 Å². The lowest BCUT2D eigenvalue weighted by molar-refractivity contribution is -0.385. The second-order valence-corrected chi connectivity index (χ2v) is 10.8. The molecule has 0 radical (unpaired) electrons. The topological polar surface area (TPSA) is 190 Å². The molecular weight excluding hydrogens is 614 g/mol. The van der Waals surface area contributed by atoms with Crippen molar-refractivity contribution in [3.8, 4) is 0 Å². The standard InChI is InChI=1S/C29H20ClN5O8S/c1-43-29(38)23-22(16-4-12-20(13-5-16)35(41)42)24(26(36)32-18-8-6-17(30)7-9-18)28-33(25(23)31)27(37)21(44-28)14-15-2-10-19(11-3-15)34(39)40/h2-14,22H,31H2,1H3,(H,32,36)/b21-14+. The average Bonchev–Trinajstić information content (AvgIpc) is 3.33. The molecule has 0 spiro atoms. The van der Waals surface area contributed by atoms with Gasteiger partial charge < -0.3 is 15.8 Å². The molecule has 0 bridgehead atoms. The first-order valence-electron chi connectivity index (χ1n) is 12.6. The number of carbonyl (C=O) groups excluding carboxylic acids is 2. The van der Waals surface area contributed by atoms with Gasteiger partial charge >= 0.3 is 5.97 Å². The Kier molecular flexibility index (Phi) is 8.11. The van der Waals surface area contributed by atoms with E-state index in [9.17, 15) is 34.6 Å². The molecule has 2 heterocycles. The monoisotopic (exact) mass is 633 g/mol. The van der Waals surface area contributed by atoms with E-state index in [-0.39, 0.29) is 37.5 Å². The zero-order valence-electron chi connectivity index (χ0n) is 22.6. The number of halogens is 1. The predicted octanol–water partition coefficient (Wildman–Crippen LogP) is 3.10. The van der Waals surface area contributed by atoms with Crippen LogP contribution in [0.4, 0.5) is 17.1 Å². The summed E-state index contributed by atoms with van der Waals surface area (Å²) in [6, 6.07) is 16.9. The number of methoxy groups -OCH3 is 1. The summed E-state index contributed by atoms with van der Waals surface area (Å²) in [7, 11) is 1.11. The third-order valence-corrected chi connectivity index (χ3v) is 8.10. The Hall–Kier alpha value is -5.60. The number of non-ortho nitro benzene ring substituents is 2. The minimum Gasteiger partial charge on any atom is -0.466 e. The highest BCUT2D eigenvalue weighted by Gasteiger charge is 2.39. The van der Waals surface area contributed by atoms with E-state index in [1.807, 2.05) is 0 Å². The Morgan fingerprint density at radius 1 is 0.955 bits per heavy atom. The molecule has 1 aromatic heterocycles. The number of nitro groups is 2. The maximum Gasteiger partial charge on any atom is 0.338 e. The van der Waals surface area contributed by atoms with Gasteiger partial charge in [0.1, 0.15) is 10.5 Å². The molecule has 222 valence electrons. The van der Waals surface area contributed by atoms with Crippen LogP contribution in [-0.2, 0) is 14.3 Å². The number of hydrogen-bond donors (Lipinski definition) is 2. The number of hydrogen-bond acceptors (Lipinski definition) is 10. The lowest BCUT2D eigenvalue weighted by Crippen LogP contribution is -2.42. The Morgan fingerprint density at radius 3 is 2.07 bits per heavy atom. The van der Waals surface area contributed by atoms with Crippen molar-refractivity contribution in [2.75, 3.05) is 12.4 Å². The Balaban J connectivity index is 1.80. The molecule has 0 fully saturated rings. The number of esters is 1. The second kappa shape index (κ2) is 11.9. The lowest BCUT2D eigenvalue weighted by Gasteiger charge is -2.27. The molecule has 3 N–H and O–H groups in total. The molecule has 0 saturated heterocycles. The minimum absolute atomic E-state index is 0.0474. The van der Waals surface area contributed by atoms with Crippen molar-refractivity contribution in [3.63, 3.8) is 0 Å². The summed E-state index contributed by atoms with van der Waals surface area (Å²) in [5, 5.41) is 25.6. The second-order valence-electron chi connectivity index (χ2n) is 9.35. The van der Waals surface area contributed by atoms with Gasteiger partial charge in [-0.15, -0.1) is 11.3 Å². The fraction of sp³-hybridized carbons (Fsp3) is 0.0690. The number of ether oxygens (including phenoxy) is 1. The van der Waals surface area contributed by atoms with Gasteiger partial charge in [-0.3, -0.25) is 34.4 Å². The molecule has 0 aliphatic carbocycles. The van der Waals surface area contributed by atoms with Gasteiger partial charge in [0.25, 0.3) is 22.8 Å². The normalized spacial score (nSPS) is 14.6. The smallest absolute Gasteiger partial charge is 0.338 e. The lowest BCUT2D eigenvalue weighted by atomic mass is 9.82. The molecule has 4 aromatic rings. The minimum atomic E-state index is -1.19. The molecule has 1 atom stereocenters. The van der Waals surface area contributed by atoms with Crippen LogP contribution in [0.15, 0.2) is 83.2 Å². The number of fused-ring (bicyclic) bond motifs is 1. The first-order chi connectivity index (χ1) is 21.0. The summed E-state index contributed by atoms with van der Waals surface area (Å²) in [4.78, 5) is 62.2. The van der Waals surface area contributed by atoms with E-state index < -0.39 is 33.2 Å². The van der Waals surface area contributed by atoms with Crippen LogP contribution in [0.25, 0.3) is 17.5 Å². The van der Waals surface area contributed by atoms with Crippen LogP contribution in [0.5, 0.6) is 0 Å². The third kappa shape index (κ3) is 5.58. The number of nitrogens with two attached hydrogens (primary N) is 1. The summed E-state index contributed by atoms with van der Waals surface area (Å²) in [6.07, 6.45) is 1.47. The summed E-state index contributed by atoms with van der Waals surface area (Å²) in [5.41, 5.74) is 6.29. The Morgan fingerprint density at radius 2 is 1.52 bits per heavy atom. The van der Waals surface area contributed by atoms with Crippen molar-refractivity contribution in [1.29, 1.82) is 0 Å². The Bertz CT molecular complexity index is 2050. The van der Waals surface area contributed by atoms with Crippen LogP contribution in [0.1, 0.15) is 17.0 Å². The highest BCUT2D eigenvalue weighted by Crippen LogP contribution is 2.38. The van der Waals surface area contributed by atoms with E-state index in [1.54, 1.807) is 24.3 Å². The highest BCUT2D eigenvalue weighted by atomic mass is 35.5. The van der Waals surface area contributed by atoms with E-state index in [0.29, 0.717) is 21.8 Å². The van der Waals surface area contributed by atoms with E-state index in [0.717, 1.165) is 23.0 Å². The molecule has 5 rings (SSSR count). The van der Waals surface area contributed by atoms with Crippen molar-refractivity contribution in [3.05, 3.63) is 134 Å². The third-order valence-electron chi connectivity index (χ3n) is 6.74. The fourth-order valence-corrected chi connectivity index (χ4v) is 5.98. The molecule has 44 heavy (non-hydrogen) atoms. The maximum atomic E-state index is 14.0. The van der Waals surface area contributed by atoms with Gasteiger partial charge in [0.2, 0.25) is 0 Å². The van der Waals surface area contributed by atoms with Gasteiger partial charge in [0.15, 0.2) is 0 Å². The summed E-state index contributed by atoms with van der Waals surface area (Å²) >= 11 is 6.90. The number of rotatable bonds is 7. The van der Waals surface area contributed by atoms with E-state index in [2.05, 4.69) is 5.32 Å². The average molecular weight is 634 g/mol. The molecular formula is C29H20ClN5O8S. The molecule has 15 heteroatoms. The molecule has 1 unspecified atom stereocenters. The number of amides is 1.